The molecule has 2 rings (SSSR count). The number of amides is 18. The van der Waals surface area contributed by atoms with Crippen molar-refractivity contribution >= 4 is 129 Å². The standard InChI is InChI=1S/C96H166N24O21/c1-16-19-20-21-22-23-24-25-26-27-34-62(98)82(127)113-69(46-52(4)5)89(134)111-68(40-43-75(101)124)87(132)115-71(48-54(8)9)91(136)120-80(59(15)121)94(139)118-77(55(10)11)92(137)116-72(49-60-50-105-63-35-29-28-33-61(60)63)83(128)106-51-76(125)117-78(56(12)17-2)93(138)112-64(36-30-31-44-97)85(130)109-67(39-42-74(100)123)86(131)114-70(47-53(6)7)90(135)110-66(38-41-73(99)122)84(129)107-58(14)81(126)108-65(37-32-45-104-96(102)103)88(133)119-79(95(140)141)57(13)18-3/h28-29,33,35,50,52-59,62,64-72,77-80,105,121H,16-27,30-32,34,36-49,51,97-98H2,1-15H3,(H2,99,122)(H2,100,123)(H2,101,124)(H,106,128)(H,107,129)(H,108,126)(H,109,130)(H,110,135)(H,111,134)(H,112,138)(H,113,127)(H,114,131)(H,115,132)(H,116,137)(H,117,125)(H,118,139)(H,119,133)(H,120,136)(H,140,141)(H4,102,103,104)/t56-,57-,58-,59+,62+,64-,65-,66-,67-,68-,69-,70-,71-,72-,77-,78-,79-,80-/m0/s1. The zero-order valence-electron chi connectivity index (χ0n) is 85.1. The van der Waals surface area contributed by atoms with Crippen molar-refractivity contribution in [1.29, 1.82) is 0 Å². The van der Waals surface area contributed by atoms with Crippen LogP contribution in [0.3, 0.4) is 0 Å². The van der Waals surface area contributed by atoms with Gasteiger partial charge in [0.15, 0.2) is 5.96 Å². The summed E-state index contributed by atoms with van der Waals surface area (Å²) >= 11 is 0. The molecule has 0 saturated heterocycles. The van der Waals surface area contributed by atoms with Gasteiger partial charge >= 0.3 is 5.97 Å². The Kier molecular flexibility index (Phi) is 58.9. The normalized spacial score (nSPS) is 15.2. The summed E-state index contributed by atoms with van der Waals surface area (Å²) in [5.74, 6) is -21.0. The van der Waals surface area contributed by atoms with Crippen LogP contribution in [0.15, 0.2) is 35.5 Å². The summed E-state index contributed by atoms with van der Waals surface area (Å²) in [5, 5.41) is 60.5. The number of aliphatic carboxylic acids is 1. The topological polar surface area (TPSA) is 756 Å². The number of rotatable bonds is 73. The first-order chi connectivity index (χ1) is 66.4. The highest BCUT2D eigenvalue weighted by Gasteiger charge is 2.41. The molecule has 0 aliphatic rings. The number of aliphatic hydroxyl groups is 1. The highest BCUT2D eigenvalue weighted by Crippen LogP contribution is 2.23. The zero-order valence-corrected chi connectivity index (χ0v) is 85.1. The fraction of sp³-hybridized carbons (Fsp3) is 0.708. The van der Waals surface area contributed by atoms with E-state index in [1.165, 1.54) is 46.0 Å². The Balaban J connectivity index is 2.51. The summed E-state index contributed by atoms with van der Waals surface area (Å²) in [7, 11) is 0. The average Bonchev–Trinajstić information content (AvgIpc) is 1.69. The molecule has 32 N–H and O–H groups in total. The predicted molar refractivity (Wildman–Crippen MR) is 532 cm³/mol. The van der Waals surface area contributed by atoms with E-state index in [1.54, 1.807) is 99.7 Å². The zero-order chi connectivity index (χ0) is 106. The molecule has 1 aromatic carbocycles. The van der Waals surface area contributed by atoms with Gasteiger partial charge in [0.25, 0.3) is 0 Å². The monoisotopic (exact) mass is 1990 g/mol. The summed E-state index contributed by atoms with van der Waals surface area (Å²) in [6.07, 6.45) is 9.21. The summed E-state index contributed by atoms with van der Waals surface area (Å²) in [4.78, 5) is 271. The van der Waals surface area contributed by atoms with E-state index in [2.05, 4.69) is 96.7 Å². The number of aromatic amines is 1. The number of carbonyl (C=O) groups is 19. The molecule has 1 aromatic heterocycles. The summed E-state index contributed by atoms with van der Waals surface area (Å²) in [5.41, 5.74) is 40.9. The smallest absolute Gasteiger partial charge is 0.326 e. The van der Waals surface area contributed by atoms with Crippen molar-refractivity contribution in [2.45, 2.75) is 380 Å². The molecule has 0 saturated carbocycles. The Morgan fingerprint density at radius 2 is 0.745 bits per heavy atom. The van der Waals surface area contributed by atoms with E-state index in [4.69, 9.17) is 40.1 Å². The number of unbranched alkanes of at least 4 members (excludes halogenated alkanes) is 10. The number of hydrogen-bond acceptors (Lipinski definition) is 23. The van der Waals surface area contributed by atoms with Crippen molar-refractivity contribution in [3.63, 3.8) is 0 Å². The second-order valence-electron chi connectivity index (χ2n) is 38.4. The fourth-order valence-corrected chi connectivity index (χ4v) is 15.5. The van der Waals surface area contributed by atoms with Crippen LogP contribution in [0.5, 0.6) is 0 Å². The molecule has 18 atom stereocenters. The van der Waals surface area contributed by atoms with Crippen LogP contribution in [0.4, 0.5) is 0 Å². The quantitative estimate of drug-likeness (QED) is 0.0228. The van der Waals surface area contributed by atoms with Crippen LogP contribution in [-0.4, -0.2) is 250 Å². The van der Waals surface area contributed by atoms with E-state index in [9.17, 15) is 101 Å². The molecule has 2 aromatic rings. The molecular formula is C96H166N24O21. The molecular weight excluding hydrogens is 1830 g/mol. The Hall–Kier alpha value is -12.2. The molecule has 0 spiro atoms. The van der Waals surface area contributed by atoms with Crippen molar-refractivity contribution in [3.05, 3.63) is 36.0 Å². The lowest BCUT2D eigenvalue weighted by Gasteiger charge is -2.30. The van der Waals surface area contributed by atoms with E-state index in [0.717, 1.165) is 25.7 Å². The number of nitrogens with one attached hydrogen (secondary N) is 16. The maximum absolute atomic E-state index is 14.8. The molecule has 0 unspecified atom stereocenters. The van der Waals surface area contributed by atoms with Gasteiger partial charge in [0.05, 0.1) is 18.7 Å². The van der Waals surface area contributed by atoms with Gasteiger partial charge in [0, 0.05) is 49.3 Å². The summed E-state index contributed by atoms with van der Waals surface area (Å²) in [6, 6.07) is -14.9. The van der Waals surface area contributed by atoms with E-state index in [-0.39, 0.29) is 101 Å². The third-order valence-corrected chi connectivity index (χ3v) is 24.1. The molecule has 45 nitrogen and oxygen atoms in total. The van der Waals surface area contributed by atoms with Gasteiger partial charge in [-0.05, 0) is 145 Å². The number of carboxylic acid groups (broad SMARTS) is 1. The van der Waals surface area contributed by atoms with E-state index in [0.29, 0.717) is 42.1 Å². The number of carboxylic acids is 1. The third-order valence-electron chi connectivity index (χ3n) is 24.1. The maximum Gasteiger partial charge on any atom is 0.326 e. The third kappa shape index (κ3) is 48.7. The molecule has 0 radical (unpaired) electrons. The first kappa shape index (κ1) is 125. The summed E-state index contributed by atoms with van der Waals surface area (Å²) in [6.45, 7) is 24.2. The van der Waals surface area contributed by atoms with Gasteiger partial charge in [-0.2, -0.15) is 0 Å². The van der Waals surface area contributed by atoms with Gasteiger partial charge in [0.1, 0.15) is 84.6 Å². The first-order valence-electron chi connectivity index (χ1n) is 49.7. The Labute approximate surface area is 828 Å². The SMILES string of the molecule is CCCCCCCCCCCC[C@@H](N)C(=O)N[C@@H](CC(C)C)C(=O)N[C@@H](CCC(N)=O)C(=O)N[C@@H](CC(C)C)C(=O)N[C@H](C(=O)N[C@H](C(=O)N[C@@H](Cc1c[nH]c2ccccc12)C(=O)NCC(=O)N[C@H](C(=O)N[C@@H](CCCCN)C(=O)N[C@@H](CCC(N)=O)C(=O)N[C@@H](CC(C)C)C(=O)N[C@@H](CCC(N)=O)C(=O)N[C@@H](C)C(=O)N[C@@H](CCCN=C(N)N)C(=O)N[C@H](C(=O)O)[C@@H](C)CC)[C@@H](C)CC)C(C)C)[C@@H](C)O. The fourth-order valence-electron chi connectivity index (χ4n) is 15.5. The molecule has 0 bridgehead atoms. The number of carbonyl (C=O) groups excluding carboxylic acids is 18. The maximum atomic E-state index is 14.8. The van der Waals surface area contributed by atoms with Crippen LogP contribution in [0.2, 0.25) is 0 Å². The number of hydrogen-bond donors (Lipinski definition) is 25. The number of nitrogens with two attached hydrogens (primary N) is 7. The minimum absolute atomic E-state index is 0.0197. The average molecular weight is 1990 g/mol. The number of benzene rings is 1. The number of aliphatic hydroxyl groups excluding tert-OH is 1. The number of H-pyrrole nitrogens is 1. The molecule has 141 heavy (non-hydrogen) atoms. The minimum Gasteiger partial charge on any atom is -0.480 e. The number of aromatic nitrogens is 1. The van der Waals surface area contributed by atoms with Gasteiger partial charge in [-0.1, -0.05) is 185 Å². The predicted octanol–water partition coefficient (Wildman–Crippen LogP) is -0.397. The van der Waals surface area contributed by atoms with Crippen molar-refractivity contribution in [2.75, 3.05) is 19.6 Å². The summed E-state index contributed by atoms with van der Waals surface area (Å²) < 4.78 is 0. The molecule has 0 aliphatic carbocycles. The second-order valence-corrected chi connectivity index (χ2v) is 38.4. The van der Waals surface area contributed by atoms with Crippen LogP contribution < -0.4 is 120 Å². The highest BCUT2D eigenvalue weighted by molar-refractivity contribution is 6.01. The molecule has 796 valence electrons. The number of nitrogens with zero attached hydrogens (tertiary/aromatic N) is 1. The Morgan fingerprint density at radius 1 is 0.376 bits per heavy atom. The lowest BCUT2D eigenvalue weighted by Crippen LogP contribution is -2.62. The van der Waals surface area contributed by atoms with Crippen molar-refractivity contribution < 1.29 is 101 Å². The molecule has 0 fully saturated rings. The largest absolute Gasteiger partial charge is 0.480 e. The second kappa shape index (κ2) is 66.5. The lowest BCUT2D eigenvalue weighted by atomic mass is 9.97. The van der Waals surface area contributed by atoms with Crippen LogP contribution in [0.1, 0.15) is 283 Å². The number of guanidine groups is 1. The van der Waals surface area contributed by atoms with Crippen LogP contribution in [-0.2, 0) is 97.5 Å². The Morgan fingerprint density at radius 3 is 1.19 bits per heavy atom. The number of fused-ring (bicyclic) bond motifs is 1. The van der Waals surface area contributed by atoms with E-state index < -0.39 is 265 Å². The first-order valence-corrected chi connectivity index (χ1v) is 49.7. The molecule has 18 amide bonds. The Bertz CT molecular complexity index is 4410. The van der Waals surface area contributed by atoms with Gasteiger partial charge < -0.3 is 135 Å². The molecule has 1 heterocycles. The van der Waals surface area contributed by atoms with Gasteiger partial charge in [-0.3, -0.25) is 91.3 Å². The van der Waals surface area contributed by atoms with Crippen molar-refractivity contribution in [2.24, 2.45) is 80.6 Å². The van der Waals surface area contributed by atoms with Crippen molar-refractivity contribution in [1.82, 2.24) is 84.7 Å². The van der Waals surface area contributed by atoms with Crippen LogP contribution in [0.25, 0.3) is 10.9 Å². The number of para-hydroxylation sites is 1. The van der Waals surface area contributed by atoms with Crippen molar-refractivity contribution in [3.8, 4) is 0 Å². The number of primary amides is 3. The van der Waals surface area contributed by atoms with Gasteiger partial charge in [0.2, 0.25) is 106 Å². The van der Waals surface area contributed by atoms with E-state index in [1.807, 2.05) is 13.8 Å². The number of aliphatic imine (C=N–C) groups is 1. The van der Waals surface area contributed by atoms with Crippen LogP contribution >= 0.6 is 0 Å². The highest BCUT2D eigenvalue weighted by atomic mass is 16.4. The van der Waals surface area contributed by atoms with Gasteiger partial charge in [-0.25, -0.2) is 4.79 Å². The van der Waals surface area contributed by atoms with Gasteiger partial charge in [-0.15, -0.1) is 0 Å². The van der Waals surface area contributed by atoms with Crippen LogP contribution in [0, 0.1) is 35.5 Å². The molecule has 45 heteroatoms. The lowest BCUT2D eigenvalue weighted by molar-refractivity contribution is -0.144. The molecule has 0 aliphatic heterocycles. The minimum atomic E-state index is -1.82. The van der Waals surface area contributed by atoms with E-state index >= 15 is 0 Å².